The van der Waals surface area contributed by atoms with Gasteiger partial charge in [-0.2, -0.15) is 5.10 Å². The summed E-state index contributed by atoms with van der Waals surface area (Å²) in [7, 11) is 0. The van der Waals surface area contributed by atoms with Gasteiger partial charge in [0.1, 0.15) is 5.84 Å². The van der Waals surface area contributed by atoms with E-state index < -0.39 is 0 Å². The van der Waals surface area contributed by atoms with Gasteiger partial charge in [-0.15, -0.1) is 5.10 Å². The second-order valence-electron chi connectivity index (χ2n) is 5.79. The quantitative estimate of drug-likeness (QED) is 0.651. The van der Waals surface area contributed by atoms with Crippen molar-refractivity contribution < 1.29 is 0 Å². The summed E-state index contributed by atoms with van der Waals surface area (Å²) in [5.41, 5.74) is 8.68. The van der Waals surface area contributed by atoms with Crippen LogP contribution < -0.4 is 10.6 Å². The first-order chi connectivity index (χ1) is 9.49. The summed E-state index contributed by atoms with van der Waals surface area (Å²) in [5.74, 6) is 1.54. The first kappa shape index (κ1) is 14.8. The van der Waals surface area contributed by atoms with Crippen LogP contribution in [0.2, 0.25) is 0 Å². The van der Waals surface area contributed by atoms with Crippen LogP contribution in [0.15, 0.2) is 0 Å². The lowest BCUT2D eigenvalue weighted by molar-refractivity contribution is 0.625. The number of nitrogen functional groups attached to an aromatic ring is 1. The molecule has 0 aromatic carbocycles. The fraction of sp³-hybridized carbons (Fsp3) is 0.667. The molecule has 0 bridgehead atoms. The Balaban J connectivity index is 2.56. The highest BCUT2D eigenvalue weighted by Gasteiger charge is 2.31. The Kier molecular flexibility index (Phi) is 4.26. The Labute approximate surface area is 121 Å². The van der Waals surface area contributed by atoms with E-state index >= 15 is 0 Å². The number of nitrogens with zero attached hydrogens (tertiary/aromatic N) is 3. The molecule has 1 aromatic rings. The summed E-state index contributed by atoms with van der Waals surface area (Å²) in [5, 5.41) is 16.7. The second-order valence-corrected chi connectivity index (χ2v) is 5.79. The highest BCUT2D eigenvalue weighted by molar-refractivity contribution is 6.01. The number of aryl methyl sites for hydroxylation is 1. The Morgan fingerprint density at radius 3 is 2.45 bits per heavy atom. The van der Waals surface area contributed by atoms with Crippen molar-refractivity contribution in [3.05, 3.63) is 16.8 Å². The van der Waals surface area contributed by atoms with E-state index in [1.54, 1.807) is 0 Å². The molecule has 5 nitrogen and oxygen atoms in total. The topological polar surface area (TPSA) is 78.9 Å². The van der Waals surface area contributed by atoms with Crippen molar-refractivity contribution in [3.8, 4) is 0 Å². The third kappa shape index (κ3) is 2.49. The van der Waals surface area contributed by atoms with E-state index in [2.05, 4.69) is 42.8 Å². The lowest BCUT2D eigenvalue weighted by Gasteiger charge is -2.26. The fourth-order valence-electron chi connectivity index (χ4n) is 3.24. The Morgan fingerprint density at radius 2 is 2.00 bits per heavy atom. The van der Waals surface area contributed by atoms with Gasteiger partial charge in [0.2, 0.25) is 0 Å². The SMILES string of the molecule is CCc1nnc(N2CC(C)CC2C)c(C(=N)N)c1CC. The molecule has 5 heteroatoms. The molecule has 2 atom stereocenters. The smallest absolute Gasteiger partial charge is 0.162 e. The van der Waals surface area contributed by atoms with Gasteiger partial charge in [-0.25, -0.2) is 0 Å². The summed E-state index contributed by atoms with van der Waals surface area (Å²) in [6, 6.07) is 0.426. The maximum Gasteiger partial charge on any atom is 0.162 e. The molecule has 2 rings (SSSR count). The van der Waals surface area contributed by atoms with Gasteiger partial charge in [-0.05, 0) is 37.7 Å². The molecule has 0 saturated carbocycles. The third-order valence-electron chi connectivity index (χ3n) is 4.15. The predicted octanol–water partition coefficient (Wildman–Crippen LogP) is 2.12. The van der Waals surface area contributed by atoms with Crippen LogP contribution >= 0.6 is 0 Å². The number of aromatic nitrogens is 2. The van der Waals surface area contributed by atoms with Crippen molar-refractivity contribution in [2.75, 3.05) is 11.4 Å². The average Bonchev–Trinajstić information content (AvgIpc) is 2.75. The van der Waals surface area contributed by atoms with Crippen LogP contribution in [-0.2, 0) is 12.8 Å². The number of amidine groups is 1. The zero-order valence-electron chi connectivity index (χ0n) is 12.9. The van der Waals surface area contributed by atoms with Gasteiger partial charge in [0, 0.05) is 12.6 Å². The van der Waals surface area contributed by atoms with E-state index in [1.807, 2.05) is 0 Å². The zero-order valence-corrected chi connectivity index (χ0v) is 12.9. The normalized spacial score (nSPS) is 22.3. The number of hydrogen-bond donors (Lipinski definition) is 2. The summed E-state index contributed by atoms with van der Waals surface area (Å²) < 4.78 is 0. The Morgan fingerprint density at radius 1 is 1.30 bits per heavy atom. The molecule has 3 N–H and O–H groups in total. The van der Waals surface area contributed by atoms with E-state index in [-0.39, 0.29) is 5.84 Å². The lowest BCUT2D eigenvalue weighted by atomic mass is 10.0. The number of hydrogen-bond acceptors (Lipinski definition) is 4. The van der Waals surface area contributed by atoms with Crippen molar-refractivity contribution in [2.45, 2.75) is 53.0 Å². The van der Waals surface area contributed by atoms with Crippen LogP contribution in [0.25, 0.3) is 0 Å². The molecule has 1 saturated heterocycles. The zero-order chi connectivity index (χ0) is 14.9. The first-order valence-electron chi connectivity index (χ1n) is 7.48. The van der Waals surface area contributed by atoms with Crippen LogP contribution in [-0.4, -0.2) is 28.6 Å². The van der Waals surface area contributed by atoms with Crippen LogP contribution in [0.1, 0.15) is 50.9 Å². The van der Waals surface area contributed by atoms with Crippen LogP contribution in [0.4, 0.5) is 5.82 Å². The van der Waals surface area contributed by atoms with Crippen molar-refractivity contribution in [1.29, 1.82) is 5.41 Å². The van der Waals surface area contributed by atoms with E-state index in [0.717, 1.165) is 48.4 Å². The number of nitrogens with one attached hydrogen (secondary N) is 1. The number of nitrogens with two attached hydrogens (primary N) is 1. The van der Waals surface area contributed by atoms with Gasteiger partial charge < -0.3 is 10.6 Å². The highest BCUT2D eigenvalue weighted by atomic mass is 15.3. The van der Waals surface area contributed by atoms with Crippen molar-refractivity contribution in [2.24, 2.45) is 11.7 Å². The number of rotatable bonds is 4. The molecule has 0 amide bonds. The number of anilines is 1. The van der Waals surface area contributed by atoms with Crippen LogP contribution in [0.5, 0.6) is 0 Å². The van der Waals surface area contributed by atoms with Crippen LogP contribution in [0.3, 0.4) is 0 Å². The van der Waals surface area contributed by atoms with Crippen molar-refractivity contribution in [1.82, 2.24) is 10.2 Å². The molecule has 2 unspecified atom stereocenters. The molecule has 1 aliphatic heterocycles. The molecule has 1 fully saturated rings. The Hall–Kier alpha value is -1.65. The summed E-state index contributed by atoms with van der Waals surface area (Å²) in [6.07, 6.45) is 2.80. The van der Waals surface area contributed by atoms with Gasteiger partial charge in [-0.1, -0.05) is 20.8 Å². The minimum absolute atomic E-state index is 0.105. The van der Waals surface area contributed by atoms with Crippen molar-refractivity contribution >= 4 is 11.7 Å². The summed E-state index contributed by atoms with van der Waals surface area (Å²) in [4.78, 5) is 2.26. The molecular weight excluding hydrogens is 250 g/mol. The van der Waals surface area contributed by atoms with Gasteiger partial charge in [0.05, 0.1) is 11.3 Å². The maximum absolute atomic E-state index is 7.96. The van der Waals surface area contributed by atoms with Gasteiger partial charge in [-0.3, -0.25) is 5.41 Å². The highest BCUT2D eigenvalue weighted by Crippen LogP contribution is 2.31. The van der Waals surface area contributed by atoms with E-state index in [0.29, 0.717) is 12.0 Å². The predicted molar refractivity (Wildman–Crippen MR) is 82.4 cm³/mol. The molecule has 0 radical (unpaired) electrons. The molecule has 1 aromatic heterocycles. The summed E-state index contributed by atoms with van der Waals surface area (Å²) in [6.45, 7) is 9.56. The summed E-state index contributed by atoms with van der Waals surface area (Å²) >= 11 is 0. The average molecular weight is 275 g/mol. The third-order valence-corrected chi connectivity index (χ3v) is 4.15. The largest absolute Gasteiger partial charge is 0.384 e. The standard InChI is InChI=1S/C15H25N5/c1-5-11-12(6-2)18-19-15(13(11)14(16)17)20-8-9(3)7-10(20)4/h9-10H,5-8H2,1-4H3,(H3,16,17). The van der Waals surface area contributed by atoms with Crippen molar-refractivity contribution in [3.63, 3.8) is 0 Å². The van der Waals surface area contributed by atoms with Gasteiger partial charge in [0.15, 0.2) is 5.82 Å². The van der Waals surface area contributed by atoms with E-state index in [4.69, 9.17) is 11.1 Å². The van der Waals surface area contributed by atoms with E-state index in [9.17, 15) is 0 Å². The molecular formula is C15H25N5. The van der Waals surface area contributed by atoms with Gasteiger partial charge in [0.25, 0.3) is 0 Å². The molecule has 20 heavy (non-hydrogen) atoms. The van der Waals surface area contributed by atoms with Gasteiger partial charge >= 0.3 is 0 Å². The monoisotopic (exact) mass is 275 g/mol. The molecule has 110 valence electrons. The first-order valence-corrected chi connectivity index (χ1v) is 7.48. The maximum atomic E-state index is 7.96. The Bertz CT molecular complexity index is 511. The molecule has 0 aliphatic carbocycles. The minimum Gasteiger partial charge on any atom is -0.384 e. The molecule has 2 heterocycles. The second kappa shape index (κ2) is 5.77. The lowest BCUT2D eigenvalue weighted by Crippen LogP contribution is -2.32. The van der Waals surface area contributed by atoms with Crippen LogP contribution in [0, 0.1) is 11.3 Å². The molecule has 0 spiro atoms. The van der Waals surface area contributed by atoms with E-state index in [1.165, 1.54) is 0 Å². The fourth-order valence-corrected chi connectivity index (χ4v) is 3.24. The minimum atomic E-state index is 0.105. The molecule has 1 aliphatic rings.